The van der Waals surface area contributed by atoms with Crippen LogP contribution >= 0.6 is 11.6 Å². The van der Waals surface area contributed by atoms with Gasteiger partial charge in [0.1, 0.15) is 0 Å². The number of hydrogen-bond acceptors (Lipinski definition) is 2. The van der Waals surface area contributed by atoms with Crippen LogP contribution in [0.4, 0.5) is 0 Å². The van der Waals surface area contributed by atoms with E-state index in [4.69, 9.17) is 11.6 Å². The first kappa shape index (κ1) is 13.5. The molecule has 1 rings (SSSR count). The Hall–Kier alpha value is -0.580. The van der Waals surface area contributed by atoms with Crippen LogP contribution in [-0.2, 0) is 16.6 Å². The van der Waals surface area contributed by atoms with Gasteiger partial charge < -0.3 is 0 Å². The zero-order chi connectivity index (χ0) is 11.9. The van der Waals surface area contributed by atoms with Crippen LogP contribution in [0.5, 0.6) is 0 Å². The monoisotopic (exact) mass is 261 g/mol. The number of alkyl halides is 1. The summed E-state index contributed by atoms with van der Waals surface area (Å²) in [5.41, 5.74) is 0.961. The summed E-state index contributed by atoms with van der Waals surface area (Å²) >= 11 is 5.49. The van der Waals surface area contributed by atoms with Crippen molar-refractivity contribution in [3.8, 4) is 0 Å². The van der Waals surface area contributed by atoms with Gasteiger partial charge in [-0.15, -0.1) is 11.6 Å². The van der Waals surface area contributed by atoms with Gasteiger partial charge in [-0.25, -0.2) is 13.1 Å². The van der Waals surface area contributed by atoms with Gasteiger partial charge >= 0.3 is 0 Å². The maximum Gasteiger partial charge on any atom is 0.211 e. The molecule has 1 aromatic rings. The number of sulfonamides is 1. The minimum absolute atomic E-state index is 0.145. The average molecular weight is 262 g/mol. The second-order valence-corrected chi connectivity index (χ2v) is 5.83. The molecular formula is C11H16ClNO2S. The number of unbranched alkanes of at least 4 members (excludes halogenated alkanes) is 1. The average Bonchev–Trinajstić information content (AvgIpc) is 2.28. The van der Waals surface area contributed by atoms with Crippen LogP contribution < -0.4 is 4.72 Å². The molecule has 0 unspecified atom stereocenters. The first-order chi connectivity index (χ1) is 7.64. The van der Waals surface area contributed by atoms with E-state index in [0.717, 1.165) is 12.0 Å². The maximum atomic E-state index is 11.5. The number of nitrogens with one attached hydrogen (secondary N) is 1. The molecule has 0 radical (unpaired) electrons. The SMILES string of the molecule is O=S(=O)(CCCCCl)NCc1ccccc1. The Morgan fingerprint density at radius 3 is 2.44 bits per heavy atom. The predicted octanol–water partition coefficient (Wildman–Crippen LogP) is 2.12. The van der Waals surface area contributed by atoms with E-state index in [9.17, 15) is 8.42 Å². The fraction of sp³-hybridized carbons (Fsp3) is 0.455. The van der Waals surface area contributed by atoms with Crippen LogP contribution in [-0.4, -0.2) is 20.1 Å². The largest absolute Gasteiger partial charge is 0.212 e. The molecule has 0 aromatic heterocycles. The summed E-state index contributed by atoms with van der Waals surface area (Å²) in [6.07, 6.45) is 1.33. The first-order valence-electron chi connectivity index (χ1n) is 5.21. The van der Waals surface area contributed by atoms with Crippen molar-refractivity contribution in [3.05, 3.63) is 35.9 Å². The molecule has 0 saturated heterocycles. The molecule has 1 aromatic carbocycles. The smallest absolute Gasteiger partial charge is 0.211 e. The summed E-state index contributed by atoms with van der Waals surface area (Å²) in [7, 11) is -3.16. The number of benzene rings is 1. The topological polar surface area (TPSA) is 46.2 Å². The zero-order valence-electron chi connectivity index (χ0n) is 9.02. The zero-order valence-corrected chi connectivity index (χ0v) is 10.6. The standard InChI is InChI=1S/C11H16ClNO2S/c12-8-4-5-9-16(14,15)13-10-11-6-2-1-3-7-11/h1-3,6-7,13H,4-5,8-10H2. The highest BCUT2D eigenvalue weighted by atomic mass is 35.5. The number of hydrogen-bond donors (Lipinski definition) is 1. The lowest BCUT2D eigenvalue weighted by Crippen LogP contribution is -2.25. The van der Waals surface area contributed by atoms with Gasteiger partial charge in [0.2, 0.25) is 10.0 Å². The molecule has 0 spiro atoms. The van der Waals surface area contributed by atoms with Crippen LogP contribution in [0, 0.1) is 0 Å². The Balaban J connectivity index is 2.36. The lowest BCUT2D eigenvalue weighted by atomic mass is 10.2. The predicted molar refractivity (Wildman–Crippen MR) is 67.0 cm³/mol. The van der Waals surface area contributed by atoms with E-state index in [-0.39, 0.29) is 5.75 Å². The summed E-state index contributed by atoms with van der Waals surface area (Å²) in [6.45, 7) is 0.351. The van der Waals surface area contributed by atoms with Crippen molar-refractivity contribution in [3.63, 3.8) is 0 Å². The molecule has 0 amide bonds. The third-order valence-corrected chi connectivity index (χ3v) is 3.81. The second-order valence-electron chi connectivity index (χ2n) is 3.52. The van der Waals surface area contributed by atoms with E-state index >= 15 is 0 Å². The molecule has 1 N–H and O–H groups in total. The Labute approximate surface area is 102 Å². The molecule has 16 heavy (non-hydrogen) atoms. The van der Waals surface area contributed by atoms with E-state index in [1.54, 1.807) is 0 Å². The van der Waals surface area contributed by atoms with Gasteiger partial charge in [-0.3, -0.25) is 0 Å². The minimum atomic E-state index is -3.16. The quantitative estimate of drug-likeness (QED) is 0.604. The second kappa shape index (κ2) is 6.89. The van der Waals surface area contributed by atoms with Crippen molar-refractivity contribution in [1.82, 2.24) is 4.72 Å². The highest BCUT2D eigenvalue weighted by molar-refractivity contribution is 7.89. The van der Waals surface area contributed by atoms with Gasteiger partial charge in [-0.2, -0.15) is 0 Å². The Morgan fingerprint density at radius 1 is 1.12 bits per heavy atom. The molecule has 0 atom stereocenters. The maximum absolute atomic E-state index is 11.5. The van der Waals surface area contributed by atoms with Crippen LogP contribution in [0.15, 0.2) is 30.3 Å². The van der Waals surface area contributed by atoms with Gasteiger partial charge in [-0.05, 0) is 18.4 Å². The lowest BCUT2D eigenvalue weighted by Gasteiger charge is -2.05. The summed E-state index contributed by atoms with van der Waals surface area (Å²) < 4.78 is 25.6. The van der Waals surface area contributed by atoms with Gasteiger partial charge in [0.15, 0.2) is 0 Å². The Morgan fingerprint density at radius 2 is 1.81 bits per heavy atom. The van der Waals surface area contributed by atoms with Crippen LogP contribution in [0.25, 0.3) is 0 Å². The summed E-state index contributed by atoms with van der Waals surface area (Å²) in [5.74, 6) is 0.654. The fourth-order valence-corrected chi connectivity index (χ4v) is 2.55. The molecule has 0 aliphatic carbocycles. The lowest BCUT2D eigenvalue weighted by molar-refractivity contribution is 0.578. The minimum Gasteiger partial charge on any atom is -0.212 e. The molecule has 0 saturated carbocycles. The molecule has 0 aliphatic heterocycles. The van der Waals surface area contributed by atoms with Crippen LogP contribution in [0.2, 0.25) is 0 Å². The molecular weight excluding hydrogens is 246 g/mol. The highest BCUT2D eigenvalue weighted by Crippen LogP contribution is 2.01. The van der Waals surface area contributed by atoms with E-state index in [2.05, 4.69) is 4.72 Å². The third-order valence-electron chi connectivity index (χ3n) is 2.14. The van der Waals surface area contributed by atoms with Gasteiger partial charge in [0.05, 0.1) is 5.75 Å². The van der Waals surface area contributed by atoms with Gasteiger partial charge in [0.25, 0.3) is 0 Å². The van der Waals surface area contributed by atoms with Gasteiger partial charge in [0, 0.05) is 12.4 Å². The fourth-order valence-electron chi connectivity index (χ4n) is 1.25. The van der Waals surface area contributed by atoms with Crippen molar-refractivity contribution in [2.45, 2.75) is 19.4 Å². The van der Waals surface area contributed by atoms with Crippen molar-refractivity contribution in [1.29, 1.82) is 0 Å². The number of halogens is 1. The molecule has 3 nitrogen and oxygen atoms in total. The first-order valence-corrected chi connectivity index (χ1v) is 7.40. The van der Waals surface area contributed by atoms with Gasteiger partial charge in [-0.1, -0.05) is 30.3 Å². The summed E-state index contributed by atoms with van der Waals surface area (Å²) in [6, 6.07) is 9.45. The van der Waals surface area contributed by atoms with Crippen molar-refractivity contribution >= 4 is 21.6 Å². The third kappa shape index (κ3) is 5.49. The Bertz CT molecular complexity index is 392. The van der Waals surface area contributed by atoms with Crippen molar-refractivity contribution < 1.29 is 8.42 Å². The molecule has 0 fully saturated rings. The number of rotatable bonds is 7. The summed E-state index contributed by atoms with van der Waals surface area (Å²) in [5, 5.41) is 0. The van der Waals surface area contributed by atoms with E-state index in [1.165, 1.54) is 0 Å². The van der Waals surface area contributed by atoms with E-state index in [0.29, 0.717) is 18.8 Å². The van der Waals surface area contributed by atoms with E-state index in [1.807, 2.05) is 30.3 Å². The molecule has 5 heteroatoms. The van der Waals surface area contributed by atoms with E-state index < -0.39 is 10.0 Å². The highest BCUT2D eigenvalue weighted by Gasteiger charge is 2.08. The molecule has 0 aliphatic rings. The normalized spacial score (nSPS) is 11.6. The van der Waals surface area contributed by atoms with Crippen molar-refractivity contribution in [2.75, 3.05) is 11.6 Å². The summed E-state index contributed by atoms with van der Waals surface area (Å²) in [4.78, 5) is 0. The molecule has 0 heterocycles. The molecule has 90 valence electrons. The molecule has 0 bridgehead atoms. The van der Waals surface area contributed by atoms with Crippen LogP contribution in [0.3, 0.4) is 0 Å². The van der Waals surface area contributed by atoms with Crippen molar-refractivity contribution in [2.24, 2.45) is 0 Å². The Kier molecular flexibility index (Phi) is 5.80. The van der Waals surface area contributed by atoms with Crippen LogP contribution in [0.1, 0.15) is 18.4 Å².